The third-order valence-electron chi connectivity index (χ3n) is 4.80. The quantitative estimate of drug-likeness (QED) is 0.860. The van der Waals surface area contributed by atoms with E-state index in [-0.39, 0.29) is 0 Å². The Morgan fingerprint density at radius 2 is 1.85 bits per heavy atom. The van der Waals surface area contributed by atoms with E-state index < -0.39 is 5.79 Å². The van der Waals surface area contributed by atoms with Gasteiger partial charge >= 0.3 is 0 Å². The van der Waals surface area contributed by atoms with Crippen LogP contribution in [0.1, 0.15) is 18.4 Å². The first kappa shape index (κ1) is 17.5. The number of rotatable bonds is 5. The molecule has 0 amide bonds. The zero-order valence-electron chi connectivity index (χ0n) is 14.5. The number of ether oxygens (including phenoxy) is 2. The fraction of sp³-hybridized carbons (Fsp3) is 0.500. The van der Waals surface area contributed by atoms with Gasteiger partial charge in [0.2, 0.25) is 5.95 Å². The molecule has 0 radical (unpaired) electrons. The Balaban J connectivity index is 1.31. The van der Waals surface area contributed by atoms with Crippen LogP contribution in [0.3, 0.4) is 0 Å². The molecule has 8 heteroatoms. The molecule has 0 bridgehead atoms. The number of nitrogens with one attached hydrogen (secondary N) is 1. The molecule has 0 aliphatic carbocycles. The average Bonchev–Trinajstić information content (AvgIpc) is 3.12. The van der Waals surface area contributed by atoms with Gasteiger partial charge in [-0.15, -0.1) is 5.10 Å². The Hall–Kier alpha value is -1.96. The highest BCUT2D eigenvalue weighted by molar-refractivity contribution is 6.30. The lowest BCUT2D eigenvalue weighted by atomic mass is 10.0. The number of nitrogens with zero attached hydrogens (tertiary/aromatic N) is 4. The first-order valence-corrected chi connectivity index (χ1v) is 9.31. The Morgan fingerprint density at radius 3 is 2.58 bits per heavy atom. The minimum Gasteiger partial charge on any atom is -0.368 e. The van der Waals surface area contributed by atoms with Crippen LogP contribution in [-0.2, 0) is 15.9 Å². The van der Waals surface area contributed by atoms with Crippen molar-refractivity contribution in [2.24, 2.45) is 0 Å². The molecular formula is C18H22ClN5O2. The van der Waals surface area contributed by atoms with Crippen LogP contribution in [0.5, 0.6) is 0 Å². The molecule has 4 rings (SSSR count). The van der Waals surface area contributed by atoms with Crippen LogP contribution >= 0.6 is 11.6 Å². The molecule has 26 heavy (non-hydrogen) atoms. The van der Waals surface area contributed by atoms with Crippen LogP contribution in [0.25, 0.3) is 0 Å². The Kier molecular flexibility index (Phi) is 5.19. The molecule has 3 heterocycles. The lowest BCUT2D eigenvalue weighted by Gasteiger charge is -2.37. The van der Waals surface area contributed by atoms with Crippen molar-refractivity contribution < 1.29 is 9.47 Å². The van der Waals surface area contributed by atoms with Crippen LogP contribution in [0.2, 0.25) is 5.02 Å². The van der Waals surface area contributed by atoms with Crippen molar-refractivity contribution in [3.8, 4) is 0 Å². The smallest absolute Gasteiger partial charge is 0.247 e. The van der Waals surface area contributed by atoms with Gasteiger partial charge in [0, 0.05) is 37.5 Å². The van der Waals surface area contributed by atoms with E-state index in [1.54, 1.807) is 6.20 Å². The molecule has 2 aromatic rings. The van der Waals surface area contributed by atoms with Gasteiger partial charge in [0.15, 0.2) is 11.6 Å². The van der Waals surface area contributed by atoms with Gasteiger partial charge in [-0.3, -0.25) is 0 Å². The number of piperidine rings is 1. The van der Waals surface area contributed by atoms with Crippen LogP contribution in [0.15, 0.2) is 30.5 Å². The largest absolute Gasteiger partial charge is 0.368 e. The maximum absolute atomic E-state index is 5.91. The van der Waals surface area contributed by atoms with Crippen molar-refractivity contribution in [2.75, 3.05) is 43.1 Å². The molecule has 1 aromatic heterocycles. The van der Waals surface area contributed by atoms with E-state index in [2.05, 4.69) is 25.4 Å². The summed E-state index contributed by atoms with van der Waals surface area (Å²) in [7, 11) is 0. The molecule has 1 aromatic carbocycles. The highest BCUT2D eigenvalue weighted by atomic mass is 35.5. The van der Waals surface area contributed by atoms with Crippen molar-refractivity contribution >= 4 is 23.4 Å². The van der Waals surface area contributed by atoms with E-state index in [0.717, 1.165) is 49.7 Å². The maximum atomic E-state index is 5.91. The van der Waals surface area contributed by atoms with Gasteiger partial charge in [0.25, 0.3) is 0 Å². The Labute approximate surface area is 157 Å². The minimum atomic E-state index is -0.391. The standard InChI is InChI=1S/C18H22ClN5O2/c19-15-3-1-14(2-4-15)5-8-20-16-13-21-23-17(22-16)24-9-6-18(7-10-24)25-11-12-26-18/h1-4,13H,5-12H2,(H,20,22,23). The summed E-state index contributed by atoms with van der Waals surface area (Å²) in [4.78, 5) is 6.73. The number of halogens is 1. The molecule has 0 atom stereocenters. The SMILES string of the molecule is Clc1ccc(CCNc2cnnc(N3CCC4(CC3)OCCO4)n2)cc1. The molecule has 7 nitrogen and oxygen atoms in total. The summed E-state index contributed by atoms with van der Waals surface area (Å²) in [5, 5.41) is 12.3. The highest BCUT2D eigenvalue weighted by Gasteiger charge is 2.40. The molecule has 0 unspecified atom stereocenters. The van der Waals surface area contributed by atoms with Crippen molar-refractivity contribution in [3.63, 3.8) is 0 Å². The van der Waals surface area contributed by atoms with E-state index in [9.17, 15) is 0 Å². The van der Waals surface area contributed by atoms with Crippen LogP contribution in [0.4, 0.5) is 11.8 Å². The van der Waals surface area contributed by atoms with Gasteiger partial charge < -0.3 is 19.7 Å². The second kappa shape index (κ2) is 7.73. The summed E-state index contributed by atoms with van der Waals surface area (Å²) in [5.74, 6) is 0.991. The van der Waals surface area contributed by atoms with E-state index >= 15 is 0 Å². The van der Waals surface area contributed by atoms with Crippen molar-refractivity contribution in [3.05, 3.63) is 41.0 Å². The monoisotopic (exact) mass is 375 g/mol. The minimum absolute atomic E-state index is 0.391. The maximum Gasteiger partial charge on any atom is 0.247 e. The zero-order chi connectivity index (χ0) is 17.8. The lowest BCUT2D eigenvalue weighted by molar-refractivity contribution is -0.169. The first-order valence-electron chi connectivity index (χ1n) is 8.93. The molecular weight excluding hydrogens is 354 g/mol. The van der Waals surface area contributed by atoms with Gasteiger partial charge in [-0.05, 0) is 24.1 Å². The number of aromatic nitrogens is 3. The van der Waals surface area contributed by atoms with Gasteiger partial charge in [-0.2, -0.15) is 10.1 Å². The third kappa shape index (κ3) is 4.06. The fourth-order valence-electron chi connectivity index (χ4n) is 3.33. The number of benzene rings is 1. The van der Waals surface area contributed by atoms with Gasteiger partial charge in [-0.25, -0.2) is 0 Å². The zero-order valence-corrected chi connectivity index (χ0v) is 15.3. The molecule has 1 N–H and O–H groups in total. The molecule has 2 aliphatic heterocycles. The highest BCUT2D eigenvalue weighted by Crippen LogP contribution is 2.32. The first-order chi connectivity index (χ1) is 12.7. The second-order valence-corrected chi connectivity index (χ2v) is 6.98. The normalized spacial score (nSPS) is 19.0. The van der Waals surface area contributed by atoms with E-state index in [1.165, 1.54) is 5.56 Å². The van der Waals surface area contributed by atoms with Crippen molar-refractivity contribution in [2.45, 2.75) is 25.0 Å². The summed E-state index contributed by atoms with van der Waals surface area (Å²) < 4.78 is 11.5. The predicted molar refractivity (Wildman–Crippen MR) is 99.6 cm³/mol. The van der Waals surface area contributed by atoms with E-state index in [4.69, 9.17) is 21.1 Å². The average molecular weight is 376 g/mol. The predicted octanol–water partition coefficient (Wildman–Crippen LogP) is 2.52. The topological polar surface area (TPSA) is 72.4 Å². The Morgan fingerprint density at radius 1 is 1.12 bits per heavy atom. The van der Waals surface area contributed by atoms with Crippen LogP contribution < -0.4 is 10.2 Å². The summed E-state index contributed by atoms with van der Waals surface area (Å²) in [6, 6.07) is 7.87. The number of hydrogen-bond acceptors (Lipinski definition) is 7. The van der Waals surface area contributed by atoms with Crippen molar-refractivity contribution in [1.82, 2.24) is 15.2 Å². The number of hydrogen-bond donors (Lipinski definition) is 1. The molecule has 1 spiro atoms. The van der Waals surface area contributed by atoms with Crippen LogP contribution in [0, 0.1) is 0 Å². The lowest BCUT2D eigenvalue weighted by Crippen LogP contribution is -2.45. The molecule has 138 valence electrons. The second-order valence-electron chi connectivity index (χ2n) is 6.54. The molecule has 2 saturated heterocycles. The molecule has 2 aliphatic rings. The van der Waals surface area contributed by atoms with E-state index in [1.807, 2.05) is 24.3 Å². The Bertz CT molecular complexity index is 727. The van der Waals surface area contributed by atoms with E-state index in [0.29, 0.717) is 19.2 Å². The third-order valence-corrected chi connectivity index (χ3v) is 5.05. The summed E-state index contributed by atoms with van der Waals surface area (Å²) in [6.45, 7) is 3.74. The van der Waals surface area contributed by atoms with Crippen LogP contribution in [-0.4, -0.2) is 53.8 Å². The summed E-state index contributed by atoms with van der Waals surface area (Å²) >= 11 is 5.91. The van der Waals surface area contributed by atoms with Crippen molar-refractivity contribution in [1.29, 1.82) is 0 Å². The van der Waals surface area contributed by atoms with Gasteiger partial charge in [-0.1, -0.05) is 23.7 Å². The van der Waals surface area contributed by atoms with Gasteiger partial charge in [0.05, 0.1) is 19.4 Å². The molecule has 2 fully saturated rings. The summed E-state index contributed by atoms with van der Waals surface area (Å²) in [5.41, 5.74) is 1.22. The number of anilines is 2. The van der Waals surface area contributed by atoms with Gasteiger partial charge in [0.1, 0.15) is 0 Å². The molecule has 0 saturated carbocycles. The summed E-state index contributed by atoms with van der Waals surface area (Å²) in [6.07, 6.45) is 4.19. The fourth-order valence-corrected chi connectivity index (χ4v) is 3.46.